The van der Waals surface area contributed by atoms with Gasteiger partial charge in [0.1, 0.15) is 0 Å². The second kappa shape index (κ2) is 5.88. The van der Waals surface area contributed by atoms with Gasteiger partial charge in [-0.3, -0.25) is 4.79 Å². The number of hydrogen-bond donors (Lipinski definition) is 1. The molecule has 1 unspecified atom stereocenters. The Balaban J connectivity index is 2.90. The number of rotatable bonds is 6. The molecule has 90 valence electrons. The fourth-order valence-corrected chi connectivity index (χ4v) is 3.02. The van der Waals surface area contributed by atoms with Crippen molar-refractivity contribution in [1.29, 1.82) is 0 Å². The lowest BCUT2D eigenvalue weighted by Crippen LogP contribution is -2.37. The quantitative estimate of drug-likeness (QED) is 0.694. The summed E-state index contributed by atoms with van der Waals surface area (Å²) in [6, 6.07) is 0. The highest BCUT2D eigenvalue weighted by molar-refractivity contribution is 5.71. The lowest BCUT2D eigenvalue weighted by atomic mass is 9.63. The smallest absolute Gasteiger partial charge is 0.307 e. The zero-order valence-electron chi connectivity index (χ0n) is 9.95. The molecule has 0 aromatic heterocycles. The van der Waals surface area contributed by atoms with Crippen molar-refractivity contribution in [3.63, 3.8) is 0 Å². The van der Waals surface area contributed by atoms with Crippen LogP contribution in [0.25, 0.3) is 0 Å². The molecule has 1 rings (SSSR count). The maximum absolute atomic E-state index is 11.4. The Morgan fingerprint density at radius 2 is 1.88 bits per heavy atom. The molecule has 0 aromatic carbocycles. The SMILES string of the molecule is C=CCC(C(=O)O)C1(CC=C)CCCCC1. The van der Waals surface area contributed by atoms with Crippen LogP contribution in [-0.2, 0) is 4.79 Å². The third-order valence-electron chi connectivity index (χ3n) is 3.84. The Bertz CT molecular complexity index is 262. The van der Waals surface area contributed by atoms with Gasteiger partial charge in [0.15, 0.2) is 0 Å². The summed E-state index contributed by atoms with van der Waals surface area (Å²) in [5.41, 5.74) is -0.0694. The normalized spacial score (nSPS) is 21.0. The average molecular weight is 222 g/mol. The van der Waals surface area contributed by atoms with Crippen LogP contribution in [0.1, 0.15) is 44.9 Å². The van der Waals surface area contributed by atoms with E-state index in [1.807, 2.05) is 6.08 Å². The van der Waals surface area contributed by atoms with Crippen LogP contribution in [0.3, 0.4) is 0 Å². The first kappa shape index (κ1) is 13.0. The van der Waals surface area contributed by atoms with Crippen molar-refractivity contribution in [3.8, 4) is 0 Å². The first-order chi connectivity index (χ1) is 7.66. The van der Waals surface area contributed by atoms with E-state index in [9.17, 15) is 9.90 Å². The minimum Gasteiger partial charge on any atom is -0.481 e. The molecule has 0 amide bonds. The molecule has 1 fully saturated rings. The second-order valence-electron chi connectivity index (χ2n) is 4.83. The van der Waals surface area contributed by atoms with Crippen LogP contribution in [0.15, 0.2) is 25.3 Å². The molecule has 0 aromatic rings. The highest BCUT2D eigenvalue weighted by Crippen LogP contribution is 2.47. The molecular weight excluding hydrogens is 200 g/mol. The summed E-state index contributed by atoms with van der Waals surface area (Å²) in [7, 11) is 0. The van der Waals surface area contributed by atoms with Gasteiger partial charge in [0.05, 0.1) is 5.92 Å². The van der Waals surface area contributed by atoms with Crippen molar-refractivity contribution < 1.29 is 9.90 Å². The molecule has 0 radical (unpaired) electrons. The molecule has 0 spiro atoms. The molecule has 1 aliphatic rings. The molecule has 0 aliphatic heterocycles. The number of carboxylic acids is 1. The van der Waals surface area contributed by atoms with E-state index < -0.39 is 5.97 Å². The summed E-state index contributed by atoms with van der Waals surface area (Å²) >= 11 is 0. The molecule has 16 heavy (non-hydrogen) atoms. The standard InChI is InChI=1S/C14H22O2/c1-3-8-12(13(15)16)14(9-4-2)10-6-5-7-11-14/h3-4,12H,1-2,5-11H2,(H,15,16). The van der Waals surface area contributed by atoms with Gasteiger partial charge < -0.3 is 5.11 Å². The number of aliphatic carboxylic acids is 1. The van der Waals surface area contributed by atoms with Gasteiger partial charge >= 0.3 is 5.97 Å². The minimum atomic E-state index is -0.677. The highest BCUT2D eigenvalue weighted by Gasteiger charge is 2.41. The molecule has 2 nitrogen and oxygen atoms in total. The van der Waals surface area contributed by atoms with Crippen LogP contribution in [0.4, 0.5) is 0 Å². The van der Waals surface area contributed by atoms with E-state index in [0.717, 1.165) is 32.1 Å². The Morgan fingerprint density at radius 1 is 1.25 bits per heavy atom. The van der Waals surface area contributed by atoms with Crippen molar-refractivity contribution in [2.24, 2.45) is 11.3 Å². The molecule has 1 aliphatic carbocycles. The van der Waals surface area contributed by atoms with E-state index in [4.69, 9.17) is 0 Å². The molecule has 0 heterocycles. The average Bonchev–Trinajstić information content (AvgIpc) is 2.27. The van der Waals surface area contributed by atoms with E-state index in [1.54, 1.807) is 6.08 Å². The Kier molecular flexibility index (Phi) is 4.78. The van der Waals surface area contributed by atoms with Crippen LogP contribution in [0.2, 0.25) is 0 Å². The zero-order valence-corrected chi connectivity index (χ0v) is 9.95. The Morgan fingerprint density at radius 3 is 2.31 bits per heavy atom. The van der Waals surface area contributed by atoms with Gasteiger partial charge in [-0.2, -0.15) is 0 Å². The maximum Gasteiger partial charge on any atom is 0.307 e. The van der Waals surface area contributed by atoms with Gasteiger partial charge in [0, 0.05) is 0 Å². The third kappa shape index (κ3) is 2.75. The first-order valence-electron chi connectivity index (χ1n) is 6.11. The van der Waals surface area contributed by atoms with E-state index in [0.29, 0.717) is 6.42 Å². The molecule has 1 N–H and O–H groups in total. The summed E-state index contributed by atoms with van der Waals surface area (Å²) in [6.45, 7) is 7.46. The zero-order chi connectivity index (χ0) is 12.0. The largest absolute Gasteiger partial charge is 0.481 e. The van der Waals surface area contributed by atoms with Gasteiger partial charge in [0.2, 0.25) is 0 Å². The van der Waals surface area contributed by atoms with Crippen LogP contribution < -0.4 is 0 Å². The van der Waals surface area contributed by atoms with E-state index in [2.05, 4.69) is 13.2 Å². The summed E-state index contributed by atoms with van der Waals surface area (Å²) in [5.74, 6) is -0.966. The summed E-state index contributed by atoms with van der Waals surface area (Å²) in [4.78, 5) is 11.4. The van der Waals surface area contributed by atoms with E-state index in [-0.39, 0.29) is 11.3 Å². The van der Waals surface area contributed by atoms with Gasteiger partial charge in [-0.15, -0.1) is 13.2 Å². The molecule has 1 saturated carbocycles. The van der Waals surface area contributed by atoms with Crippen molar-refractivity contribution in [3.05, 3.63) is 25.3 Å². The fraction of sp³-hybridized carbons (Fsp3) is 0.643. The van der Waals surface area contributed by atoms with Crippen molar-refractivity contribution in [2.75, 3.05) is 0 Å². The molecule has 0 bridgehead atoms. The summed E-state index contributed by atoms with van der Waals surface area (Å²) < 4.78 is 0. The van der Waals surface area contributed by atoms with Crippen LogP contribution in [-0.4, -0.2) is 11.1 Å². The summed E-state index contributed by atoms with van der Waals surface area (Å²) in [6.07, 6.45) is 10.6. The third-order valence-corrected chi connectivity index (χ3v) is 3.84. The van der Waals surface area contributed by atoms with E-state index >= 15 is 0 Å². The molecule has 2 heteroatoms. The molecular formula is C14H22O2. The van der Waals surface area contributed by atoms with Gasteiger partial charge in [-0.1, -0.05) is 31.4 Å². The second-order valence-corrected chi connectivity index (χ2v) is 4.83. The Labute approximate surface area is 98.1 Å². The van der Waals surface area contributed by atoms with Gasteiger partial charge in [0.25, 0.3) is 0 Å². The van der Waals surface area contributed by atoms with Crippen molar-refractivity contribution in [1.82, 2.24) is 0 Å². The van der Waals surface area contributed by atoms with Crippen molar-refractivity contribution >= 4 is 5.97 Å². The number of carboxylic acid groups (broad SMARTS) is 1. The lowest BCUT2D eigenvalue weighted by Gasteiger charge is -2.41. The number of hydrogen-bond acceptors (Lipinski definition) is 1. The van der Waals surface area contributed by atoms with Crippen molar-refractivity contribution in [2.45, 2.75) is 44.9 Å². The highest BCUT2D eigenvalue weighted by atomic mass is 16.4. The first-order valence-corrected chi connectivity index (χ1v) is 6.11. The van der Waals surface area contributed by atoms with Gasteiger partial charge in [-0.05, 0) is 31.1 Å². The summed E-state index contributed by atoms with van der Waals surface area (Å²) in [5, 5.41) is 9.37. The predicted octanol–water partition coefficient (Wildman–Crippen LogP) is 3.79. The van der Waals surface area contributed by atoms with Crippen LogP contribution in [0.5, 0.6) is 0 Å². The number of allylic oxidation sites excluding steroid dienone is 2. The van der Waals surface area contributed by atoms with Crippen LogP contribution >= 0.6 is 0 Å². The van der Waals surface area contributed by atoms with Gasteiger partial charge in [-0.25, -0.2) is 0 Å². The Hall–Kier alpha value is -1.05. The minimum absolute atomic E-state index is 0.0694. The van der Waals surface area contributed by atoms with Crippen LogP contribution in [0, 0.1) is 11.3 Å². The monoisotopic (exact) mass is 222 g/mol. The topological polar surface area (TPSA) is 37.3 Å². The number of carbonyl (C=O) groups is 1. The maximum atomic E-state index is 11.4. The lowest BCUT2D eigenvalue weighted by molar-refractivity contribution is -0.147. The van der Waals surface area contributed by atoms with E-state index in [1.165, 1.54) is 6.42 Å². The fourth-order valence-electron chi connectivity index (χ4n) is 3.02. The molecule has 1 atom stereocenters. The molecule has 0 saturated heterocycles. The predicted molar refractivity (Wildman–Crippen MR) is 66.3 cm³/mol.